The average molecular weight is 335 g/mol. The van der Waals surface area contributed by atoms with E-state index in [-0.39, 0.29) is 22.9 Å². The zero-order valence-corrected chi connectivity index (χ0v) is 14.0. The SMILES string of the molecule is CC1CN(S(=O)(=O)c2cc(CCl)ccc2F)CC(C)N1C. The molecule has 1 aromatic carbocycles. The zero-order chi connectivity index (χ0) is 15.8. The van der Waals surface area contributed by atoms with Crippen molar-refractivity contribution in [1.29, 1.82) is 0 Å². The van der Waals surface area contributed by atoms with Crippen molar-refractivity contribution in [2.45, 2.75) is 36.7 Å². The smallest absolute Gasteiger partial charge is 0.246 e. The summed E-state index contributed by atoms with van der Waals surface area (Å²) in [6.45, 7) is 4.63. The van der Waals surface area contributed by atoms with Crippen LogP contribution in [0.3, 0.4) is 0 Å². The standard InChI is InChI=1S/C14H20ClFN2O2S/c1-10-8-18(9-11(2)17(10)3)21(19,20)14-6-12(7-15)4-5-13(14)16/h4-6,10-11H,7-9H2,1-3H3. The predicted octanol–water partition coefficient (Wildman–Crippen LogP) is 2.28. The molecule has 0 saturated carbocycles. The molecule has 0 radical (unpaired) electrons. The first kappa shape index (κ1) is 16.7. The quantitative estimate of drug-likeness (QED) is 0.796. The Labute approximate surface area is 130 Å². The monoisotopic (exact) mass is 334 g/mol. The van der Waals surface area contributed by atoms with E-state index < -0.39 is 15.8 Å². The summed E-state index contributed by atoms with van der Waals surface area (Å²) < 4.78 is 40.7. The second-order valence-electron chi connectivity index (χ2n) is 5.58. The molecule has 2 unspecified atom stereocenters. The second kappa shape index (κ2) is 6.20. The minimum absolute atomic E-state index is 0.0859. The second-order valence-corrected chi connectivity index (χ2v) is 7.76. The van der Waals surface area contributed by atoms with Crippen molar-refractivity contribution in [3.63, 3.8) is 0 Å². The van der Waals surface area contributed by atoms with Crippen LogP contribution in [0, 0.1) is 5.82 Å². The Kier molecular flexibility index (Phi) is 4.92. The number of rotatable bonds is 3. The van der Waals surface area contributed by atoms with Gasteiger partial charge in [-0.15, -0.1) is 11.6 Å². The zero-order valence-electron chi connectivity index (χ0n) is 12.4. The molecule has 21 heavy (non-hydrogen) atoms. The summed E-state index contributed by atoms with van der Waals surface area (Å²) in [4.78, 5) is 1.84. The van der Waals surface area contributed by atoms with Crippen LogP contribution in [0.5, 0.6) is 0 Å². The summed E-state index contributed by atoms with van der Waals surface area (Å²) >= 11 is 5.72. The van der Waals surface area contributed by atoms with E-state index in [4.69, 9.17) is 11.6 Å². The van der Waals surface area contributed by atoms with Gasteiger partial charge in [0.15, 0.2) is 0 Å². The van der Waals surface area contributed by atoms with Gasteiger partial charge in [-0.1, -0.05) is 6.07 Å². The molecule has 1 saturated heterocycles. The molecule has 1 aliphatic rings. The van der Waals surface area contributed by atoms with Crippen LogP contribution in [-0.4, -0.2) is 49.8 Å². The van der Waals surface area contributed by atoms with Gasteiger partial charge in [0.05, 0.1) is 0 Å². The van der Waals surface area contributed by atoms with E-state index in [2.05, 4.69) is 4.90 Å². The maximum Gasteiger partial charge on any atom is 0.246 e. The summed E-state index contributed by atoms with van der Waals surface area (Å²) in [6.07, 6.45) is 0. The molecule has 0 N–H and O–H groups in total. The van der Waals surface area contributed by atoms with Crippen LogP contribution in [0.2, 0.25) is 0 Å². The van der Waals surface area contributed by atoms with E-state index in [1.54, 1.807) is 0 Å². The lowest BCUT2D eigenvalue weighted by molar-refractivity contribution is 0.105. The Morgan fingerprint density at radius 3 is 2.38 bits per heavy atom. The normalized spacial score (nSPS) is 25.2. The van der Waals surface area contributed by atoms with Crippen LogP contribution in [0.1, 0.15) is 19.4 Å². The van der Waals surface area contributed by atoms with Gasteiger partial charge in [-0.3, -0.25) is 4.90 Å². The Bertz CT molecular complexity index is 611. The van der Waals surface area contributed by atoms with Crippen molar-refractivity contribution in [2.24, 2.45) is 0 Å². The molecule has 118 valence electrons. The van der Waals surface area contributed by atoms with Gasteiger partial charge < -0.3 is 0 Å². The maximum atomic E-state index is 14.0. The highest BCUT2D eigenvalue weighted by Crippen LogP contribution is 2.25. The summed E-state index contributed by atoms with van der Waals surface area (Å²) in [6, 6.07) is 4.15. The van der Waals surface area contributed by atoms with Gasteiger partial charge in [-0.2, -0.15) is 4.31 Å². The summed E-state index contributed by atoms with van der Waals surface area (Å²) in [5.74, 6) is -0.582. The van der Waals surface area contributed by atoms with Crippen LogP contribution in [0.15, 0.2) is 23.1 Å². The highest BCUT2D eigenvalue weighted by molar-refractivity contribution is 7.89. The number of alkyl halides is 1. The number of piperazine rings is 1. The van der Waals surface area contributed by atoms with Crippen LogP contribution in [-0.2, 0) is 15.9 Å². The summed E-state index contributed by atoms with van der Waals surface area (Å²) in [5, 5.41) is 0. The van der Waals surface area contributed by atoms with E-state index in [0.29, 0.717) is 18.7 Å². The molecular weight excluding hydrogens is 315 g/mol. The Morgan fingerprint density at radius 2 is 1.86 bits per heavy atom. The molecule has 0 spiro atoms. The van der Waals surface area contributed by atoms with Gasteiger partial charge in [-0.05, 0) is 38.6 Å². The van der Waals surface area contributed by atoms with E-state index in [1.807, 2.05) is 20.9 Å². The first-order chi connectivity index (χ1) is 9.77. The fourth-order valence-corrected chi connectivity index (χ4v) is 4.40. The minimum Gasteiger partial charge on any atom is -0.298 e. The Hall–Kier alpha value is -0.690. The molecule has 7 heteroatoms. The van der Waals surface area contributed by atoms with Gasteiger partial charge >= 0.3 is 0 Å². The van der Waals surface area contributed by atoms with Crippen molar-refractivity contribution in [1.82, 2.24) is 9.21 Å². The molecule has 0 aromatic heterocycles. The molecule has 1 heterocycles. The summed E-state index contributed by atoms with van der Waals surface area (Å²) in [5.41, 5.74) is 0.590. The fourth-order valence-electron chi connectivity index (χ4n) is 2.52. The molecule has 0 amide bonds. The van der Waals surface area contributed by atoms with Gasteiger partial charge in [0, 0.05) is 31.1 Å². The molecule has 2 atom stereocenters. The van der Waals surface area contributed by atoms with Crippen LogP contribution in [0.4, 0.5) is 4.39 Å². The summed E-state index contributed by atoms with van der Waals surface area (Å²) in [7, 11) is -1.88. The third kappa shape index (κ3) is 3.23. The number of nitrogens with zero attached hydrogens (tertiary/aromatic N) is 2. The van der Waals surface area contributed by atoms with Crippen molar-refractivity contribution in [3.05, 3.63) is 29.6 Å². The van der Waals surface area contributed by atoms with Crippen molar-refractivity contribution < 1.29 is 12.8 Å². The fraction of sp³-hybridized carbons (Fsp3) is 0.571. The molecule has 1 fully saturated rings. The van der Waals surface area contributed by atoms with Crippen molar-refractivity contribution >= 4 is 21.6 Å². The lowest BCUT2D eigenvalue weighted by Crippen LogP contribution is -2.56. The highest BCUT2D eigenvalue weighted by Gasteiger charge is 2.35. The number of halogens is 2. The lowest BCUT2D eigenvalue weighted by atomic mass is 10.1. The van der Waals surface area contributed by atoms with E-state index >= 15 is 0 Å². The van der Waals surface area contributed by atoms with Gasteiger partial charge in [-0.25, -0.2) is 12.8 Å². The van der Waals surface area contributed by atoms with Gasteiger partial charge in [0.25, 0.3) is 0 Å². The van der Waals surface area contributed by atoms with Crippen molar-refractivity contribution in [2.75, 3.05) is 20.1 Å². The van der Waals surface area contributed by atoms with Crippen LogP contribution < -0.4 is 0 Å². The highest BCUT2D eigenvalue weighted by atomic mass is 35.5. The molecule has 1 aliphatic heterocycles. The molecule has 0 aliphatic carbocycles. The third-order valence-corrected chi connectivity index (χ3v) is 6.25. The molecule has 2 rings (SSSR count). The topological polar surface area (TPSA) is 40.6 Å². The van der Waals surface area contributed by atoms with Gasteiger partial charge in [0.1, 0.15) is 10.7 Å². The first-order valence-corrected chi connectivity index (χ1v) is 8.81. The van der Waals surface area contributed by atoms with Crippen LogP contribution in [0.25, 0.3) is 0 Å². The maximum absolute atomic E-state index is 14.0. The lowest BCUT2D eigenvalue weighted by Gasteiger charge is -2.41. The first-order valence-electron chi connectivity index (χ1n) is 6.84. The number of hydrogen-bond donors (Lipinski definition) is 0. The van der Waals surface area contributed by atoms with Crippen LogP contribution >= 0.6 is 11.6 Å². The predicted molar refractivity (Wildman–Crippen MR) is 81.4 cm³/mol. The number of sulfonamides is 1. The van der Waals surface area contributed by atoms with Gasteiger partial charge in [0.2, 0.25) is 10.0 Å². The molecular formula is C14H20ClFN2O2S. The van der Waals surface area contributed by atoms with Crippen molar-refractivity contribution in [3.8, 4) is 0 Å². The third-order valence-electron chi connectivity index (χ3n) is 4.09. The number of hydrogen-bond acceptors (Lipinski definition) is 3. The number of likely N-dealkylation sites (N-methyl/N-ethyl adjacent to an activating group) is 1. The van der Waals surface area contributed by atoms with E-state index in [0.717, 1.165) is 6.07 Å². The average Bonchev–Trinajstić information content (AvgIpc) is 2.44. The Morgan fingerprint density at radius 1 is 1.29 bits per heavy atom. The Balaban J connectivity index is 2.38. The van der Waals surface area contributed by atoms with E-state index in [9.17, 15) is 12.8 Å². The largest absolute Gasteiger partial charge is 0.298 e. The molecule has 4 nitrogen and oxygen atoms in total. The molecule has 1 aromatic rings. The number of benzene rings is 1. The molecule has 0 bridgehead atoms. The van der Waals surface area contributed by atoms with E-state index in [1.165, 1.54) is 16.4 Å². The minimum atomic E-state index is -3.84.